The van der Waals surface area contributed by atoms with E-state index >= 15 is 0 Å². The summed E-state index contributed by atoms with van der Waals surface area (Å²) >= 11 is 5.69. The van der Waals surface area contributed by atoms with Crippen molar-refractivity contribution in [3.05, 3.63) is 28.5 Å². The second-order valence-corrected chi connectivity index (χ2v) is 4.74. The molecule has 0 aromatic carbocycles. The molecule has 0 N–H and O–H groups in total. The van der Waals surface area contributed by atoms with E-state index in [0.29, 0.717) is 13.1 Å². The van der Waals surface area contributed by atoms with Gasteiger partial charge in [-0.25, -0.2) is 4.98 Å². The number of halogens is 4. The smallest absolute Gasteiger partial charge is 0.339 e. The van der Waals surface area contributed by atoms with Crippen molar-refractivity contribution in [3.8, 4) is 0 Å². The molecular weight excluding hydrogens is 281 g/mol. The fourth-order valence-corrected chi connectivity index (χ4v) is 2.25. The lowest BCUT2D eigenvalue weighted by Gasteiger charge is -2.27. The highest BCUT2D eigenvalue weighted by atomic mass is 35.5. The van der Waals surface area contributed by atoms with Crippen LogP contribution in [-0.2, 0) is 6.18 Å². The Bertz CT molecular complexity index is 484. The average molecular weight is 293 g/mol. The van der Waals surface area contributed by atoms with Gasteiger partial charge < -0.3 is 4.90 Å². The fourth-order valence-electron chi connectivity index (χ4n) is 2.02. The highest BCUT2D eigenvalue weighted by Gasteiger charge is 2.33. The first-order chi connectivity index (χ1) is 8.89. The van der Waals surface area contributed by atoms with E-state index in [0.717, 1.165) is 31.4 Å². The molecule has 7 heteroatoms. The number of hydrogen-bond acceptors (Lipinski definition) is 2. The summed E-state index contributed by atoms with van der Waals surface area (Å²) in [5, 5.41) is -0.398. The Labute approximate surface area is 113 Å². The van der Waals surface area contributed by atoms with Gasteiger partial charge in [-0.2, -0.15) is 13.2 Å². The average Bonchev–Trinajstić information content (AvgIpc) is 2.38. The molecule has 19 heavy (non-hydrogen) atoms. The van der Waals surface area contributed by atoms with Crippen molar-refractivity contribution in [1.29, 1.82) is 0 Å². The van der Waals surface area contributed by atoms with Gasteiger partial charge in [0.25, 0.3) is 5.91 Å². The quantitative estimate of drug-likeness (QED) is 0.744. The molecule has 1 aromatic heterocycles. The molecule has 1 fully saturated rings. The van der Waals surface area contributed by atoms with Crippen molar-refractivity contribution < 1.29 is 18.0 Å². The van der Waals surface area contributed by atoms with Crippen LogP contribution in [0.5, 0.6) is 0 Å². The number of piperidine rings is 1. The van der Waals surface area contributed by atoms with Crippen LogP contribution in [0.4, 0.5) is 13.2 Å². The molecule has 0 bridgehead atoms. The largest absolute Gasteiger partial charge is 0.433 e. The molecule has 2 heterocycles. The number of carbonyl (C=O) groups excluding carboxylic acids is 1. The van der Waals surface area contributed by atoms with Crippen LogP contribution >= 0.6 is 11.6 Å². The van der Waals surface area contributed by atoms with E-state index in [9.17, 15) is 18.0 Å². The van der Waals surface area contributed by atoms with Crippen LogP contribution in [0.3, 0.4) is 0 Å². The van der Waals surface area contributed by atoms with E-state index in [-0.39, 0.29) is 11.5 Å². The molecule has 1 aliphatic rings. The molecule has 0 saturated carbocycles. The van der Waals surface area contributed by atoms with Crippen LogP contribution in [0.15, 0.2) is 12.1 Å². The van der Waals surface area contributed by atoms with E-state index in [1.165, 1.54) is 0 Å². The first-order valence-corrected chi connectivity index (χ1v) is 6.30. The number of rotatable bonds is 1. The Morgan fingerprint density at radius 2 is 1.84 bits per heavy atom. The van der Waals surface area contributed by atoms with Gasteiger partial charge in [-0.1, -0.05) is 11.6 Å². The normalized spacial score (nSPS) is 16.5. The minimum atomic E-state index is -4.56. The number of amides is 1. The summed E-state index contributed by atoms with van der Waals surface area (Å²) in [5.74, 6) is -0.356. The lowest BCUT2D eigenvalue weighted by molar-refractivity contribution is -0.141. The molecule has 1 saturated heterocycles. The van der Waals surface area contributed by atoms with Gasteiger partial charge in [-0.15, -0.1) is 0 Å². The summed E-state index contributed by atoms with van der Waals surface area (Å²) < 4.78 is 37.3. The zero-order chi connectivity index (χ0) is 14.0. The monoisotopic (exact) mass is 292 g/mol. The van der Waals surface area contributed by atoms with Gasteiger partial charge in [0.1, 0.15) is 10.8 Å². The van der Waals surface area contributed by atoms with Crippen LogP contribution in [0.1, 0.15) is 35.3 Å². The fraction of sp³-hybridized carbons (Fsp3) is 0.500. The maximum atomic E-state index is 12.4. The minimum absolute atomic E-state index is 0.0246. The number of pyridine rings is 1. The maximum absolute atomic E-state index is 12.4. The van der Waals surface area contributed by atoms with Crippen molar-refractivity contribution in [1.82, 2.24) is 9.88 Å². The van der Waals surface area contributed by atoms with Gasteiger partial charge in [0.15, 0.2) is 0 Å². The zero-order valence-electron chi connectivity index (χ0n) is 10.0. The van der Waals surface area contributed by atoms with Crippen LogP contribution in [0, 0.1) is 0 Å². The number of hydrogen-bond donors (Lipinski definition) is 0. The molecule has 104 valence electrons. The third-order valence-electron chi connectivity index (χ3n) is 3.01. The summed E-state index contributed by atoms with van der Waals surface area (Å²) in [6.45, 7) is 1.21. The lowest BCUT2D eigenvalue weighted by atomic mass is 10.1. The lowest BCUT2D eigenvalue weighted by Crippen LogP contribution is -2.35. The number of alkyl halides is 3. The predicted molar refractivity (Wildman–Crippen MR) is 64.0 cm³/mol. The third-order valence-corrected chi connectivity index (χ3v) is 3.30. The summed E-state index contributed by atoms with van der Waals surface area (Å²) in [7, 11) is 0. The Kier molecular flexibility index (Phi) is 3.99. The second kappa shape index (κ2) is 5.36. The Hall–Kier alpha value is -1.30. The van der Waals surface area contributed by atoms with Crippen molar-refractivity contribution >= 4 is 17.5 Å². The molecule has 0 aliphatic carbocycles. The van der Waals surface area contributed by atoms with E-state index in [1.54, 1.807) is 4.90 Å². The third kappa shape index (κ3) is 3.18. The van der Waals surface area contributed by atoms with Crippen LogP contribution < -0.4 is 0 Å². The van der Waals surface area contributed by atoms with Gasteiger partial charge in [0.2, 0.25) is 0 Å². The van der Waals surface area contributed by atoms with Crippen molar-refractivity contribution in [2.75, 3.05) is 13.1 Å². The topological polar surface area (TPSA) is 33.2 Å². The second-order valence-electron chi connectivity index (χ2n) is 4.39. The first kappa shape index (κ1) is 14.1. The van der Waals surface area contributed by atoms with E-state index in [4.69, 9.17) is 11.6 Å². The first-order valence-electron chi connectivity index (χ1n) is 5.92. The minimum Gasteiger partial charge on any atom is -0.339 e. The molecule has 1 aliphatic heterocycles. The molecule has 1 amide bonds. The molecule has 0 spiro atoms. The molecule has 0 unspecified atom stereocenters. The molecule has 2 rings (SSSR count). The van der Waals surface area contributed by atoms with Crippen molar-refractivity contribution in [2.45, 2.75) is 25.4 Å². The Morgan fingerprint density at radius 1 is 1.21 bits per heavy atom. The van der Waals surface area contributed by atoms with E-state index in [2.05, 4.69) is 4.98 Å². The van der Waals surface area contributed by atoms with Gasteiger partial charge in [0.05, 0.1) is 5.56 Å². The molecule has 0 atom stereocenters. The molecule has 1 aromatic rings. The molecule has 0 radical (unpaired) electrons. The van der Waals surface area contributed by atoms with Crippen LogP contribution in [0.25, 0.3) is 0 Å². The highest BCUT2D eigenvalue weighted by Crippen LogP contribution is 2.29. The summed E-state index contributed by atoms with van der Waals surface area (Å²) in [6, 6.07) is 1.87. The predicted octanol–water partition coefficient (Wildman–Crippen LogP) is 3.38. The number of aromatic nitrogens is 1. The Morgan fingerprint density at radius 3 is 2.37 bits per heavy atom. The standard InChI is InChI=1S/C12H12ClF3N2O/c13-10-8(4-5-9(17-10)12(14,15)16)11(19)18-6-2-1-3-7-18/h4-5H,1-3,6-7H2. The van der Waals surface area contributed by atoms with Gasteiger partial charge in [-0.3, -0.25) is 4.79 Å². The molecular formula is C12H12ClF3N2O. The van der Waals surface area contributed by atoms with Gasteiger partial charge in [0, 0.05) is 13.1 Å². The van der Waals surface area contributed by atoms with Crippen LogP contribution in [-0.4, -0.2) is 28.9 Å². The van der Waals surface area contributed by atoms with Crippen LogP contribution in [0.2, 0.25) is 5.15 Å². The number of carbonyl (C=O) groups is 1. The zero-order valence-corrected chi connectivity index (χ0v) is 10.8. The van der Waals surface area contributed by atoms with E-state index < -0.39 is 17.0 Å². The number of nitrogens with zero attached hydrogens (tertiary/aromatic N) is 2. The Balaban J connectivity index is 2.23. The van der Waals surface area contributed by atoms with E-state index in [1.807, 2.05) is 0 Å². The molecule has 3 nitrogen and oxygen atoms in total. The maximum Gasteiger partial charge on any atom is 0.433 e. The summed E-state index contributed by atoms with van der Waals surface area (Å²) in [5.41, 5.74) is -1.07. The summed E-state index contributed by atoms with van der Waals surface area (Å²) in [4.78, 5) is 17.0. The summed E-state index contributed by atoms with van der Waals surface area (Å²) in [6.07, 6.45) is -1.70. The van der Waals surface area contributed by atoms with Gasteiger partial charge >= 0.3 is 6.18 Å². The highest BCUT2D eigenvalue weighted by molar-refractivity contribution is 6.32. The van der Waals surface area contributed by atoms with Crippen molar-refractivity contribution in [3.63, 3.8) is 0 Å². The SMILES string of the molecule is O=C(c1ccc(C(F)(F)F)nc1Cl)N1CCCCC1. The van der Waals surface area contributed by atoms with Gasteiger partial charge in [-0.05, 0) is 31.4 Å². The van der Waals surface area contributed by atoms with Crippen molar-refractivity contribution in [2.24, 2.45) is 0 Å². The number of likely N-dealkylation sites (tertiary alicyclic amines) is 1.